The van der Waals surface area contributed by atoms with Gasteiger partial charge in [0.2, 0.25) is 0 Å². The van der Waals surface area contributed by atoms with E-state index in [0.29, 0.717) is 12.6 Å². The number of nitrogens with zero attached hydrogens (tertiary/aromatic N) is 2. The second kappa shape index (κ2) is 4.44. The maximum Gasteiger partial charge on any atom is 0.342 e. The molecule has 86 valence electrons. The Morgan fingerprint density at radius 3 is 3.12 bits per heavy atom. The van der Waals surface area contributed by atoms with Crippen LogP contribution < -0.4 is 10.9 Å². The lowest BCUT2D eigenvalue weighted by molar-refractivity contribution is 0.0693. The smallest absolute Gasteiger partial charge is 0.342 e. The first-order chi connectivity index (χ1) is 7.66. The predicted molar refractivity (Wildman–Crippen MR) is 56.5 cm³/mol. The lowest BCUT2D eigenvalue weighted by Crippen LogP contribution is -2.28. The van der Waals surface area contributed by atoms with E-state index in [1.54, 1.807) is 4.57 Å². The summed E-state index contributed by atoms with van der Waals surface area (Å²) in [7, 11) is 0. The van der Waals surface area contributed by atoms with E-state index < -0.39 is 11.5 Å². The summed E-state index contributed by atoms with van der Waals surface area (Å²) in [6.07, 6.45) is 4.92. The molecule has 0 radical (unpaired) electrons. The zero-order valence-corrected chi connectivity index (χ0v) is 8.72. The molecule has 0 spiro atoms. The molecule has 2 heterocycles. The highest BCUT2D eigenvalue weighted by Gasteiger charge is 2.15. The van der Waals surface area contributed by atoms with Crippen LogP contribution in [0, 0.1) is 0 Å². The largest absolute Gasteiger partial charge is 0.477 e. The fraction of sp³-hybridized carbons (Fsp3) is 0.500. The lowest BCUT2D eigenvalue weighted by Gasteiger charge is -2.12. The molecule has 1 fully saturated rings. The summed E-state index contributed by atoms with van der Waals surface area (Å²) in [6, 6.07) is 0.339. The van der Waals surface area contributed by atoms with Crippen LogP contribution in [0.5, 0.6) is 0 Å². The molecule has 1 aliphatic rings. The van der Waals surface area contributed by atoms with Gasteiger partial charge in [0.15, 0.2) is 0 Å². The molecule has 1 aromatic heterocycles. The van der Waals surface area contributed by atoms with E-state index in [1.807, 2.05) is 0 Å². The van der Waals surface area contributed by atoms with Gasteiger partial charge in [0.25, 0.3) is 5.56 Å². The Labute approximate surface area is 91.9 Å². The van der Waals surface area contributed by atoms with Gasteiger partial charge in [-0.2, -0.15) is 4.98 Å². The van der Waals surface area contributed by atoms with Crippen LogP contribution in [0.2, 0.25) is 0 Å². The molecule has 0 aromatic carbocycles. The van der Waals surface area contributed by atoms with Gasteiger partial charge in [0.1, 0.15) is 5.56 Å². The van der Waals surface area contributed by atoms with E-state index in [2.05, 4.69) is 10.3 Å². The third kappa shape index (κ3) is 2.27. The van der Waals surface area contributed by atoms with Crippen LogP contribution >= 0.6 is 0 Å². The van der Waals surface area contributed by atoms with Gasteiger partial charge in [-0.05, 0) is 19.4 Å². The van der Waals surface area contributed by atoms with Crippen LogP contribution in [0.3, 0.4) is 0 Å². The zero-order chi connectivity index (χ0) is 11.5. The highest BCUT2D eigenvalue weighted by molar-refractivity contribution is 5.86. The minimum absolute atomic E-state index is 0.277. The molecule has 1 saturated heterocycles. The maximum absolute atomic E-state index is 11.1. The van der Waals surface area contributed by atoms with Crippen LogP contribution in [-0.2, 0) is 6.54 Å². The predicted octanol–water partition coefficient (Wildman–Crippen LogP) is -0.307. The minimum atomic E-state index is -1.23. The average molecular weight is 223 g/mol. The molecule has 6 heteroatoms. The van der Waals surface area contributed by atoms with Crippen molar-refractivity contribution in [1.82, 2.24) is 14.9 Å². The topological polar surface area (TPSA) is 84.2 Å². The molecular formula is C10H13N3O3. The van der Waals surface area contributed by atoms with Crippen molar-refractivity contribution in [1.29, 1.82) is 0 Å². The van der Waals surface area contributed by atoms with Crippen molar-refractivity contribution in [3.05, 3.63) is 28.4 Å². The number of aromatic nitrogens is 2. The molecule has 1 aliphatic heterocycles. The zero-order valence-electron chi connectivity index (χ0n) is 8.72. The summed E-state index contributed by atoms with van der Waals surface area (Å²) < 4.78 is 1.65. The van der Waals surface area contributed by atoms with Crippen LogP contribution in [-0.4, -0.2) is 33.2 Å². The van der Waals surface area contributed by atoms with Crippen molar-refractivity contribution in [3.63, 3.8) is 0 Å². The summed E-state index contributed by atoms with van der Waals surface area (Å²) in [5.74, 6) is -1.23. The third-order valence-corrected chi connectivity index (χ3v) is 2.67. The number of carboxylic acids is 1. The number of carbonyl (C=O) groups is 1. The van der Waals surface area contributed by atoms with E-state index in [1.165, 1.54) is 12.5 Å². The number of aromatic carboxylic acids is 1. The number of rotatable bonds is 3. The van der Waals surface area contributed by atoms with E-state index in [-0.39, 0.29) is 5.56 Å². The fourth-order valence-corrected chi connectivity index (χ4v) is 1.86. The SMILES string of the molecule is O=C(O)c1cn(CC2CCCN2)cnc1=O. The molecule has 1 unspecified atom stereocenters. The molecule has 0 aliphatic carbocycles. The molecule has 2 N–H and O–H groups in total. The Kier molecular flexibility index (Phi) is 3.00. The summed E-state index contributed by atoms with van der Waals surface area (Å²) in [5, 5.41) is 12.1. The van der Waals surface area contributed by atoms with Gasteiger partial charge in [-0.1, -0.05) is 0 Å². The highest BCUT2D eigenvalue weighted by Crippen LogP contribution is 2.07. The molecule has 0 amide bonds. The van der Waals surface area contributed by atoms with Crippen molar-refractivity contribution in [2.24, 2.45) is 0 Å². The molecule has 1 aromatic rings. The van der Waals surface area contributed by atoms with Crippen molar-refractivity contribution >= 4 is 5.97 Å². The van der Waals surface area contributed by atoms with Gasteiger partial charge in [0.05, 0.1) is 6.33 Å². The van der Waals surface area contributed by atoms with Crippen LogP contribution in [0.1, 0.15) is 23.2 Å². The van der Waals surface area contributed by atoms with E-state index in [0.717, 1.165) is 19.4 Å². The Morgan fingerprint density at radius 2 is 2.50 bits per heavy atom. The molecule has 6 nitrogen and oxygen atoms in total. The first-order valence-electron chi connectivity index (χ1n) is 5.19. The quantitative estimate of drug-likeness (QED) is 0.734. The number of hydrogen-bond donors (Lipinski definition) is 2. The standard InChI is InChI=1S/C10H13N3O3/c14-9-8(10(15)16)5-13(6-12-9)4-7-2-1-3-11-7/h5-7,11H,1-4H2,(H,15,16). The van der Waals surface area contributed by atoms with Gasteiger partial charge < -0.3 is 15.0 Å². The second-order valence-corrected chi connectivity index (χ2v) is 3.89. The number of nitrogens with one attached hydrogen (secondary N) is 1. The van der Waals surface area contributed by atoms with Gasteiger partial charge >= 0.3 is 5.97 Å². The second-order valence-electron chi connectivity index (χ2n) is 3.89. The molecule has 1 atom stereocenters. The molecular weight excluding hydrogens is 210 g/mol. The van der Waals surface area contributed by atoms with E-state index in [9.17, 15) is 9.59 Å². The number of hydrogen-bond acceptors (Lipinski definition) is 4. The minimum Gasteiger partial charge on any atom is -0.477 e. The Bertz CT molecular complexity index is 449. The van der Waals surface area contributed by atoms with E-state index in [4.69, 9.17) is 5.11 Å². The Morgan fingerprint density at radius 1 is 1.69 bits per heavy atom. The summed E-state index contributed by atoms with van der Waals surface area (Å²) in [5.41, 5.74) is -0.969. The van der Waals surface area contributed by atoms with Crippen LogP contribution in [0.15, 0.2) is 17.3 Å². The number of carboxylic acid groups (broad SMARTS) is 1. The van der Waals surface area contributed by atoms with E-state index >= 15 is 0 Å². The van der Waals surface area contributed by atoms with Crippen molar-refractivity contribution in [2.75, 3.05) is 6.54 Å². The average Bonchev–Trinajstić information content (AvgIpc) is 2.73. The molecule has 0 bridgehead atoms. The third-order valence-electron chi connectivity index (χ3n) is 2.67. The monoisotopic (exact) mass is 223 g/mol. The van der Waals surface area contributed by atoms with Crippen LogP contribution in [0.25, 0.3) is 0 Å². The Balaban J connectivity index is 2.18. The van der Waals surface area contributed by atoms with Crippen molar-refractivity contribution in [2.45, 2.75) is 25.4 Å². The van der Waals surface area contributed by atoms with Crippen LogP contribution in [0.4, 0.5) is 0 Å². The van der Waals surface area contributed by atoms with Gasteiger partial charge in [-0.3, -0.25) is 4.79 Å². The lowest BCUT2D eigenvalue weighted by atomic mass is 10.2. The maximum atomic E-state index is 11.1. The first-order valence-corrected chi connectivity index (χ1v) is 5.19. The fourth-order valence-electron chi connectivity index (χ4n) is 1.86. The molecule has 16 heavy (non-hydrogen) atoms. The molecule has 2 rings (SSSR count). The summed E-state index contributed by atoms with van der Waals surface area (Å²) in [4.78, 5) is 25.4. The van der Waals surface area contributed by atoms with Crippen molar-refractivity contribution in [3.8, 4) is 0 Å². The molecule has 0 saturated carbocycles. The van der Waals surface area contributed by atoms with Gasteiger partial charge in [-0.15, -0.1) is 0 Å². The Hall–Kier alpha value is -1.69. The first kappa shape index (κ1) is 10.8. The normalized spacial score (nSPS) is 19.9. The summed E-state index contributed by atoms with van der Waals surface area (Å²) >= 11 is 0. The van der Waals surface area contributed by atoms with Gasteiger partial charge in [-0.25, -0.2) is 4.79 Å². The van der Waals surface area contributed by atoms with Crippen molar-refractivity contribution < 1.29 is 9.90 Å². The highest BCUT2D eigenvalue weighted by atomic mass is 16.4. The van der Waals surface area contributed by atoms with Gasteiger partial charge in [0, 0.05) is 18.8 Å². The summed E-state index contributed by atoms with van der Waals surface area (Å²) in [6.45, 7) is 1.64.